The van der Waals surface area contributed by atoms with E-state index in [0.717, 1.165) is 6.07 Å². The van der Waals surface area contributed by atoms with Crippen LogP contribution in [0.15, 0.2) is 53.7 Å². The van der Waals surface area contributed by atoms with Crippen molar-refractivity contribution in [2.45, 2.75) is 19.1 Å². The number of hydrogen-bond donors (Lipinski definition) is 4. The standard InChI is InChI=1S/C20H18F3N3O3S/c1-10-16(18(28)25-13-6-4-3-5-12(13)20(21,22)23)17(26-19(30)24-10)11-7-8-14(27)15(9-11)29-2/h3-9,17,27H,1-2H3,(H,25,28)(H2,24,26,30). The summed E-state index contributed by atoms with van der Waals surface area (Å²) < 4.78 is 45.0. The Bertz CT molecular complexity index is 1040. The van der Waals surface area contributed by atoms with Gasteiger partial charge in [0.2, 0.25) is 0 Å². The molecular weight excluding hydrogens is 419 g/mol. The van der Waals surface area contributed by atoms with E-state index >= 15 is 0 Å². The fraction of sp³-hybridized carbons (Fsp3) is 0.200. The van der Waals surface area contributed by atoms with Crippen molar-refractivity contribution in [3.63, 3.8) is 0 Å². The van der Waals surface area contributed by atoms with E-state index < -0.39 is 23.7 Å². The number of aromatic hydroxyl groups is 1. The van der Waals surface area contributed by atoms with Crippen molar-refractivity contribution >= 4 is 28.9 Å². The Morgan fingerprint density at radius 3 is 2.60 bits per heavy atom. The Labute approximate surface area is 175 Å². The normalized spacial score (nSPS) is 16.6. The summed E-state index contributed by atoms with van der Waals surface area (Å²) in [5.74, 6) is -0.647. The number of alkyl halides is 3. The van der Waals surface area contributed by atoms with Crippen LogP contribution in [0.4, 0.5) is 18.9 Å². The Morgan fingerprint density at radius 2 is 1.93 bits per heavy atom. The summed E-state index contributed by atoms with van der Waals surface area (Å²) in [7, 11) is 1.38. The molecule has 0 fully saturated rings. The molecule has 0 aliphatic carbocycles. The summed E-state index contributed by atoms with van der Waals surface area (Å²) in [5, 5.41) is 18.2. The van der Waals surface area contributed by atoms with Crippen molar-refractivity contribution in [1.29, 1.82) is 0 Å². The van der Waals surface area contributed by atoms with Crippen LogP contribution in [0.1, 0.15) is 24.1 Å². The van der Waals surface area contributed by atoms with Crippen molar-refractivity contribution in [1.82, 2.24) is 10.6 Å². The van der Waals surface area contributed by atoms with Gasteiger partial charge in [0.15, 0.2) is 16.6 Å². The number of nitrogens with one attached hydrogen (secondary N) is 3. The van der Waals surface area contributed by atoms with Gasteiger partial charge in [-0.3, -0.25) is 4.79 Å². The molecule has 1 atom stereocenters. The second-order valence-electron chi connectivity index (χ2n) is 6.50. The lowest BCUT2D eigenvalue weighted by Gasteiger charge is -2.30. The predicted molar refractivity (Wildman–Crippen MR) is 109 cm³/mol. The van der Waals surface area contributed by atoms with Gasteiger partial charge in [0.05, 0.1) is 30.0 Å². The third-order valence-electron chi connectivity index (χ3n) is 4.53. The minimum absolute atomic E-state index is 0.0939. The molecule has 1 amide bonds. The molecule has 0 radical (unpaired) electrons. The number of rotatable bonds is 4. The van der Waals surface area contributed by atoms with Gasteiger partial charge in [0.1, 0.15) is 0 Å². The highest BCUT2D eigenvalue weighted by atomic mass is 32.1. The van der Waals surface area contributed by atoms with Crippen molar-refractivity contribution < 1.29 is 27.8 Å². The van der Waals surface area contributed by atoms with E-state index in [-0.39, 0.29) is 27.9 Å². The molecule has 6 nitrogen and oxygen atoms in total. The quantitative estimate of drug-likeness (QED) is 0.544. The molecule has 2 aromatic carbocycles. The highest BCUT2D eigenvalue weighted by Crippen LogP contribution is 2.37. The molecule has 0 bridgehead atoms. The molecule has 1 heterocycles. The van der Waals surface area contributed by atoms with E-state index in [0.29, 0.717) is 11.3 Å². The molecule has 0 saturated carbocycles. The molecule has 2 aromatic rings. The monoisotopic (exact) mass is 437 g/mol. The summed E-state index contributed by atoms with van der Waals surface area (Å²) >= 11 is 5.17. The average Bonchev–Trinajstić information content (AvgIpc) is 2.67. The van der Waals surface area contributed by atoms with Crippen LogP contribution in [0.5, 0.6) is 11.5 Å². The molecule has 1 aliphatic rings. The summed E-state index contributed by atoms with van der Waals surface area (Å²) in [5.41, 5.74) is -0.245. The van der Waals surface area contributed by atoms with Gasteiger partial charge in [-0.1, -0.05) is 18.2 Å². The zero-order valence-electron chi connectivity index (χ0n) is 15.9. The molecular formula is C20H18F3N3O3S. The number of halogens is 3. The molecule has 3 rings (SSSR count). The molecule has 0 spiro atoms. The van der Waals surface area contributed by atoms with Crippen molar-refractivity contribution in [3.8, 4) is 11.5 Å². The number of phenols is 1. The number of thiocarbonyl (C=S) groups is 1. The van der Waals surface area contributed by atoms with E-state index in [4.69, 9.17) is 17.0 Å². The van der Waals surface area contributed by atoms with Gasteiger partial charge >= 0.3 is 6.18 Å². The molecule has 4 N–H and O–H groups in total. The number of allylic oxidation sites excluding steroid dienone is 1. The fourth-order valence-corrected chi connectivity index (χ4v) is 3.42. The first-order chi connectivity index (χ1) is 14.1. The maximum Gasteiger partial charge on any atom is 0.418 e. The van der Waals surface area contributed by atoms with Gasteiger partial charge < -0.3 is 25.8 Å². The van der Waals surface area contributed by atoms with Gasteiger partial charge in [-0.2, -0.15) is 13.2 Å². The van der Waals surface area contributed by atoms with E-state index in [1.807, 2.05) is 0 Å². The molecule has 10 heteroatoms. The van der Waals surface area contributed by atoms with Crippen LogP contribution in [-0.4, -0.2) is 23.2 Å². The maximum atomic E-state index is 13.3. The number of amides is 1. The number of ether oxygens (including phenoxy) is 1. The predicted octanol–water partition coefficient (Wildman–Crippen LogP) is 3.85. The Balaban J connectivity index is 2.01. The molecule has 30 heavy (non-hydrogen) atoms. The zero-order chi connectivity index (χ0) is 22.1. The van der Waals surface area contributed by atoms with Crippen LogP contribution >= 0.6 is 12.2 Å². The van der Waals surface area contributed by atoms with E-state index in [1.165, 1.54) is 37.4 Å². The summed E-state index contributed by atoms with van der Waals surface area (Å²) in [6.07, 6.45) is -4.62. The lowest BCUT2D eigenvalue weighted by atomic mass is 9.94. The van der Waals surface area contributed by atoms with Gasteiger partial charge in [-0.15, -0.1) is 0 Å². The summed E-state index contributed by atoms with van der Waals surface area (Å²) in [6.45, 7) is 1.60. The lowest BCUT2D eigenvalue weighted by Crippen LogP contribution is -2.45. The molecule has 1 unspecified atom stereocenters. The number of methoxy groups -OCH3 is 1. The SMILES string of the molecule is COc1cc(C2NC(=S)NC(C)=C2C(=O)Nc2ccccc2C(F)(F)F)ccc1O. The Morgan fingerprint density at radius 1 is 1.23 bits per heavy atom. The third kappa shape index (κ3) is 4.33. The second-order valence-corrected chi connectivity index (χ2v) is 6.91. The van der Waals surface area contributed by atoms with Crippen LogP contribution in [0.2, 0.25) is 0 Å². The first-order valence-electron chi connectivity index (χ1n) is 8.74. The number of carbonyl (C=O) groups is 1. The maximum absolute atomic E-state index is 13.3. The Kier molecular flexibility index (Phi) is 5.88. The van der Waals surface area contributed by atoms with Crippen LogP contribution in [-0.2, 0) is 11.0 Å². The molecule has 0 saturated heterocycles. The molecule has 158 valence electrons. The number of anilines is 1. The summed E-state index contributed by atoms with van der Waals surface area (Å²) in [4.78, 5) is 13.0. The van der Waals surface area contributed by atoms with Crippen LogP contribution < -0.4 is 20.7 Å². The molecule has 1 aliphatic heterocycles. The fourth-order valence-electron chi connectivity index (χ4n) is 3.15. The van der Waals surface area contributed by atoms with E-state index in [9.17, 15) is 23.1 Å². The number of carbonyl (C=O) groups excluding carboxylic acids is 1. The van der Waals surface area contributed by atoms with Gasteiger partial charge in [-0.25, -0.2) is 0 Å². The minimum atomic E-state index is -4.62. The average molecular weight is 437 g/mol. The lowest BCUT2D eigenvalue weighted by molar-refractivity contribution is -0.137. The number of phenolic OH excluding ortho intramolecular Hbond substituents is 1. The van der Waals surface area contributed by atoms with Gasteiger partial charge in [-0.05, 0) is 49.0 Å². The smallest absolute Gasteiger partial charge is 0.418 e. The minimum Gasteiger partial charge on any atom is -0.504 e. The molecule has 0 aromatic heterocycles. The topological polar surface area (TPSA) is 82.6 Å². The number of hydrogen-bond acceptors (Lipinski definition) is 4. The van der Waals surface area contributed by atoms with Crippen molar-refractivity contribution in [2.75, 3.05) is 12.4 Å². The Hall–Kier alpha value is -3.27. The van der Waals surface area contributed by atoms with Crippen LogP contribution in [0.3, 0.4) is 0 Å². The van der Waals surface area contributed by atoms with Crippen LogP contribution in [0, 0.1) is 0 Å². The van der Waals surface area contributed by atoms with E-state index in [2.05, 4.69) is 16.0 Å². The first kappa shape index (κ1) is 21.4. The van der Waals surface area contributed by atoms with Crippen molar-refractivity contribution in [3.05, 3.63) is 64.9 Å². The van der Waals surface area contributed by atoms with Crippen LogP contribution in [0.25, 0.3) is 0 Å². The first-order valence-corrected chi connectivity index (χ1v) is 9.15. The zero-order valence-corrected chi connectivity index (χ0v) is 16.7. The largest absolute Gasteiger partial charge is 0.504 e. The number of para-hydroxylation sites is 1. The number of benzene rings is 2. The van der Waals surface area contributed by atoms with Crippen molar-refractivity contribution in [2.24, 2.45) is 0 Å². The van der Waals surface area contributed by atoms with E-state index in [1.54, 1.807) is 13.0 Å². The highest BCUT2D eigenvalue weighted by Gasteiger charge is 2.35. The van der Waals surface area contributed by atoms with Gasteiger partial charge in [0, 0.05) is 5.70 Å². The second kappa shape index (κ2) is 8.23. The third-order valence-corrected chi connectivity index (χ3v) is 4.75. The highest BCUT2D eigenvalue weighted by molar-refractivity contribution is 7.80. The summed E-state index contributed by atoms with van der Waals surface area (Å²) in [6, 6.07) is 8.43. The van der Waals surface area contributed by atoms with Gasteiger partial charge in [0.25, 0.3) is 5.91 Å².